The van der Waals surface area contributed by atoms with Crippen LogP contribution in [0, 0.1) is 17.6 Å². The first-order valence-corrected chi connectivity index (χ1v) is 13.6. The molecule has 1 unspecified atom stereocenters. The minimum Gasteiger partial charge on any atom is -0.263 e. The standard InChI is InChI=1S/C17H17Si.C10H15.Ti/c1-18(11-6-12-18)17-15-9-4-2-7-13(15)14-8-3-5-10-16(14)17;1-7-6-10(4,5)9(3)8(7)2;/h2-5,7-9,17H,6,11-12H2,1H3;1-5H3;/q2*-1;+2. The van der Waals surface area contributed by atoms with Gasteiger partial charge in [-0.3, -0.25) is 6.08 Å². The molecule has 0 aromatic heterocycles. The van der Waals surface area contributed by atoms with Gasteiger partial charge in [0, 0.05) is 0 Å². The Bertz CT molecular complexity index is 930. The van der Waals surface area contributed by atoms with Crippen LogP contribution < -0.4 is 0 Å². The van der Waals surface area contributed by atoms with Crippen molar-refractivity contribution in [2.24, 2.45) is 5.41 Å². The zero-order chi connectivity index (χ0) is 20.1. The van der Waals surface area contributed by atoms with Crippen LogP contribution in [0.15, 0.2) is 59.2 Å². The molecule has 2 aromatic carbocycles. The maximum atomic E-state index is 3.55. The Morgan fingerprint density at radius 2 is 1.62 bits per heavy atom. The fourth-order valence-corrected chi connectivity index (χ4v) is 9.21. The van der Waals surface area contributed by atoms with Gasteiger partial charge < -0.3 is 0 Å². The Kier molecular flexibility index (Phi) is 6.35. The molecule has 0 bridgehead atoms. The molecule has 0 saturated carbocycles. The summed E-state index contributed by atoms with van der Waals surface area (Å²) in [5.74, 6) is 0. The van der Waals surface area contributed by atoms with Crippen molar-refractivity contribution in [3.63, 3.8) is 0 Å². The molecule has 1 fully saturated rings. The zero-order valence-electron chi connectivity index (χ0n) is 18.7. The summed E-state index contributed by atoms with van der Waals surface area (Å²) in [6.07, 6.45) is 4.88. The quantitative estimate of drug-likeness (QED) is 0.319. The Labute approximate surface area is 193 Å². The van der Waals surface area contributed by atoms with E-state index in [0.29, 0.717) is 5.54 Å². The van der Waals surface area contributed by atoms with Crippen molar-refractivity contribution < 1.29 is 21.7 Å². The largest absolute Gasteiger partial charge is 2.00 e. The number of allylic oxidation sites excluding steroid dienone is 4. The first-order valence-electron chi connectivity index (χ1n) is 10.6. The first kappa shape index (κ1) is 22.5. The van der Waals surface area contributed by atoms with E-state index in [9.17, 15) is 0 Å². The molecule has 148 valence electrons. The van der Waals surface area contributed by atoms with Crippen LogP contribution in [0.3, 0.4) is 0 Å². The molecule has 2 heteroatoms. The van der Waals surface area contributed by atoms with E-state index in [2.05, 4.69) is 95.8 Å². The van der Waals surface area contributed by atoms with Crippen LogP contribution in [0.1, 0.15) is 57.7 Å². The monoisotopic (exact) mass is 432 g/mol. The molecule has 3 aliphatic rings. The predicted molar refractivity (Wildman–Crippen MR) is 123 cm³/mol. The minimum absolute atomic E-state index is 0. The zero-order valence-corrected chi connectivity index (χ0v) is 21.3. The second kappa shape index (κ2) is 8.17. The van der Waals surface area contributed by atoms with Gasteiger partial charge in [0.15, 0.2) is 0 Å². The van der Waals surface area contributed by atoms with Crippen LogP contribution in [0.5, 0.6) is 0 Å². The van der Waals surface area contributed by atoms with Crippen LogP contribution in [-0.2, 0) is 21.7 Å². The van der Waals surface area contributed by atoms with Crippen molar-refractivity contribution in [2.75, 3.05) is 0 Å². The second-order valence-corrected chi connectivity index (χ2v) is 14.5. The van der Waals surface area contributed by atoms with Crippen molar-refractivity contribution in [1.82, 2.24) is 0 Å². The normalized spacial score (nSPS) is 22.4. The van der Waals surface area contributed by atoms with Crippen LogP contribution in [0.25, 0.3) is 11.1 Å². The van der Waals surface area contributed by atoms with E-state index in [0.717, 1.165) is 0 Å². The topological polar surface area (TPSA) is 0 Å². The fraction of sp³-hybridized carbons (Fsp3) is 0.407. The molecule has 1 heterocycles. The fourth-order valence-electron chi connectivity index (χ4n) is 5.23. The van der Waals surface area contributed by atoms with Crippen LogP contribution in [0.4, 0.5) is 0 Å². The molecular formula is C27H32SiTi. The maximum absolute atomic E-state index is 3.55. The van der Waals surface area contributed by atoms with Gasteiger partial charge in [-0.25, -0.2) is 5.57 Å². The van der Waals surface area contributed by atoms with Gasteiger partial charge in [0.05, 0.1) is 8.07 Å². The Morgan fingerprint density at radius 3 is 2.14 bits per heavy atom. The number of fused-ring (bicyclic) bond motifs is 3. The smallest absolute Gasteiger partial charge is 0.263 e. The molecule has 0 spiro atoms. The van der Waals surface area contributed by atoms with Crippen molar-refractivity contribution in [3.05, 3.63) is 82.5 Å². The van der Waals surface area contributed by atoms with E-state index < -0.39 is 8.07 Å². The van der Waals surface area contributed by atoms with E-state index >= 15 is 0 Å². The molecule has 1 atom stereocenters. The number of rotatable bonds is 1. The molecule has 0 radical (unpaired) electrons. The van der Waals surface area contributed by atoms with Gasteiger partial charge in [-0.05, 0) is 11.1 Å². The first-order chi connectivity index (χ1) is 13.2. The van der Waals surface area contributed by atoms with Crippen molar-refractivity contribution >= 4 is 8.07 Å². The Balaban J connectivity index is 0.000000189. The third-order valence-corrected chi connectivity index (χ3v) is 12.5. The summed E-state index contributed by atoms with van der Waals surface area (Å²) in [5.41, 5.74) is 11.1. The molecule has 1 saturated heterocycles. The van der Waals surface area contributed by atoms with Gasteiger partial charge in [-0.2, -0.15) is 35.4 Å². The molecule has 2 aliphatic carbocycles. The van der Waals surface area contributed by atoms with E-state index in [-0.39, 0.29) is 27.1 Å². The molecule has 1 aliphatic heterocycles. The summed E-state index contributed by atoms with van der Waals surface area (Å²) in [5, 5.41) is 0. The summed E-state index contributed by atoms with van der Waals surface area (Å²) in [7, 11) is -1.10. The van der Waals surface area contributed by atoms with Gasteiger partial charge in [0.1, 0.15) is 0 Å². The third-order valence-electron chi connectivity index (χ3n) is 7.49. The van der Waals surface area contributed by atoms with Crippen molar-refractivity contribution in [2.45, 2.75) is 65.2 Å². The summed E-state index contributed by atoms with van der Waals surface area (Å²) >= 11 is 0. The number of benzene rings is 2. The van der Waals surface area contributed by atoms with Crippen LogP contribution in [0.2, 0.25) is 18.6 Å². The molecule has 5 rings (SSSR count). The molecule has 2 aromatic rings. The number of hydrogen-bond donors (Lipinski definition) is 0. The maximum Gasteiger partial charge on any atom is 2.00 e. The van der Waals surface area contributed by atoms with E-state index in [1.165, 1.54) is 51.9 Å². The summed E-state index contributed by atoms with van der Waals surface area (Å²) in [4.78, 5) is 0. The van der Waals surface area contributed by atoms with Crippen molar-refractivity contribution in [1.29, 1.82) is 0 Å². The minimum atomic E-state index is -1.10. The number of hydrogen-bond acceptors (Lipinski definition) is 0. The summed E-state index contributed by atoms with van der Waals surface area (Å²) in [6.45, 7) is 13.5. The average Bonchev–Trinajstić information content (AvgIpc) is 3.08. The van der Waals surface area contributed by atoms with E-state index in [1.807, 2.05) is 0 Å². The Morgan fingerprint density at radius 1 is 0.966 bits per heavy atom. The second-order valence-electron chi connectivity index (χ2n) is 9.65. The van der Waals surface area contributed by atoms with Gasteiger partial charge in [-0.15, -0.1) is 18.1 Å². The summed E-state index contributed by atoms with van der Waals surface area (Å²) < 4.78 is 0. The van der Waals surface area contributed by atoms with Gasteiger partial charge >= 0.3 is 21.7 Å². The molecule has 0 amide bonds. The van der Waals surface area contributed by atoms with Crippen molar-refractivity contribution in [3.8, 4) is 11.1 Å². The van der Waals surface area contributed by atoms with Crippen LogP contribution in [-0.4, -0.2) is 8.07 Å². The Hall–Kier alpha value is -1.15. The predicted octanol–water partition coefficient (Wildman–Crippen LogP) is 7.73. The molecule has 0 nitrogen and oxygen atoms in total. The molecular weight excluding hydrogens is 400 g/mol. The van der Waals surface area contributed by atoms with Gasteiger partial charge in [-0.1, -0.05) is 88.0 Å². The SMILES string of the molecule is CC1=[C-]C(C)(C)C(C)=C1C.C[Si]1(C2c3[c-]cccc3-c3ccccc32)CCC1.[Ti+2]. The third kappa shape index (κ3) is 3.82. The molecule has 29 heavy (non-hydrogen) atoms. The van der Waals surface area contributed by atoms with Gasteiger partial charge in [0.2, 0.25) is 0 Å². The van der Waals surface area contributed by atoms with E-state index in [1.54, 1.807) is 5.56 Å². The molecule has 0 N–H and O–H groups in total. The summed E-state index contributed by atoms with van der Waals surface area (Å²) in [6, 6.07) is 22.1. The van der Waals surface area contributed by atoms with Gasteiger partial charge in [0.25, 0.3) is 0 Å². The average molecular weight is 433 g/mol. The van der Waals surface area contributed by atoms with E-state index in [4.69, 9.17) is 0 Å². The van der Waals surface area contributed by atoms with Crippen LogP contribution >= 0.6 is 0 Å².